The smallest absolute Gasteiger partial charge is 0.550 e. The maximum atomic E-state index is 12.3. The molecule has 2 amide bonds. The quantitative estimate of drug-likeness (QED) is 0.0429. The molecule has 0 saturated heterocycles. The second-order valence-corrected chi connectivity index (χ2v) is 15.1. The fraction of sp³-hybridized carbons (Fsp3) is 0.350. The molecule has 67 heavy (non-hydrogen) atoms. The summed E-state index contributed by atoms with van der Waals surface area (Å²) in [5, 5.41) is 56.7. The first-order valence-electron chi connectivity index (χ1n) is 20.2. The van der Waals surface area contributed by atoms with Gasteiger partial charge in [-0.15, -0.1) is 0 Å². The number of hydrogen-bond acceptors (Lipinski definition) is 20. The van der Waals surface area contributed by atoms with Gasteiger partial charge in [-0.2, -0.15) is 9.97 Å². The van der Waals surface area contributed by atoms with Crippen molar-refractivity contribution >= 4 is 105 Å². The third kappa shape index (κ3) is 14.1. The average molecular weight is 941 g/mol. The van der Waals surface area contributed by atoms with E-state index in [4.69, 9.17) is 21.7 Å². The SMILES string of the molecule is CN1c2c(nc(N)[nH]c2=O)NCC1CNc1ccc(C(=O)N[C@@H](CCC(=O)[O-])C(=O)O)cc1.CN1c2c(nc(N)[nH]c2=O)NCC1CNc1ccc(C(=O)N[C@@H](CCC(=O)[O-])C(=O)O)cc1.[Mg+2]. The van der Waals surface area contributed by atoms with Crippen molar-refractivity contribution in [3.05, 3.63) is 80.4 Å². The fourth-order valence-electron chi connectivity index (χ4n) is 6.83. The Morgan fingerprint density at radius 1 is 0.672 bits per heavy atom. The van der Waals surface area contributed by atoms with Gasteiger partial charge in [0.25, 0.3) is 22.9 Å². The molecule has 0 radical (unpaired) electrons. The van der Waals surface area contributed by atoms with Crippen molar-refractivity contribution in [1.82, 2.24) is 30.6 Å². The number of carboxylic acid groups (broad SMARTS) is 4. The minimum atomic E-state index is -1.39. The number of rotatable bonds is 18. The summed E-state index contributed by atoms with van der Waals surface area (Å²) < 4.78 is 0. The third-order valence-electron chi connectivity index (χ3n) is 10.5. The number of nitrogens with zero attached hydrogens (tertiary/aromatic N) is 4. The van der Waals surface area contributed by atoms with Crippen molar-refractivity contribution in [3.63, 3.8) is 0 Å². The van der Waals surface area contributed by atoms with Crippen LogP contribution in [-0.4, -0.2) is 153 Å². The molecule has 2 aromatic heterocycles. The number of carbonyl (C=O) groups excluding carboxylic acids is 4. The zero-order valence-corrected chi connectivity index (χ0v) is 37.6. The predicted octanol–water partition coefficient (Wildman–Crippen LogP) is -3.57. The van der Waals surface area contributed by atoms with E-state index in [1.807, 2.05) is 9.80 Å². The number of likely N-dealkylation sites (N-methyl/N-ethyl adjacent to an activating group) is 2. The van der Waals surface area contributed by atoms with E-state index in [1.165, 1.54) is 24.3 Å². The van der Waals surface area contributed by atoms with E-state index in [9.17, 15) is 48.6 Å². The maximum Gasteiger partial charge on any atom is 2.00 e. The Labute approximate surface area is 396 Å². The number of aliphatic carboxylic acids is 4. The van der Waals surface area contributed by atoms with Crippen LogP contribution in [0.3, 0.4) is 0 Å². The van der Waals surface area contributed by atoms with Crippen LogP contribution in [0.25, 0.3) is 0 Å². The largest absolute Gasteiger partial charge is 2.00 e. The first-order chi connectivity index (χ1) is 31.3. The number of H-pyrrole nitrogens is 2. The van der Waals surface area contributed by atoms with Crippen LogP contribution in [0.5, 0.6) is 0 Å². The molecule has 2 aliphatic heterocycles. The summed E-state index contributed by atoms with van der Waals surface area (Å²) in [6.45, 7) is 2.00. The first kappa shape index (κ1) is 51.8. The zero-order valence-electron chi connectivity index (χ0n) is 36.2. The Morgan fingerprint density at radius 2 is 1.01 bits per heavy atom. The van der Waals surface area contributed by atoms with Crippen LogP contribution in [0.2, 0.25) is 0 Å². The Hall–Kier alpha value is -7.81. The van der Waals surface area contributed by atoms with E-state index in [-0.39, 0.29) is 82.1 Å². The molecule has 4 aromatic rings. The minimum absolute atomic E-state index is 0. The Morgan fingerprint density at radius 3 is 1.33 bits per heavy atom. The van der Waals surface area contributed by atoms with Crippen LogP contribution in [0, 0.1) is 0 Å². The van der Waals surface area contributed by atoms with Crippen molar-refractivity contribution in [1.29, 1.82) is 0 Å². The van der Waals surface area contributed by atoms with Gasteiger partial charge in [0.05, 0.1) is 12.1 Å². The summed E-state index contributed by atoms with van der Waals surface area (Å²) in [5.41, 5.74) is 13.1. The molecular weight excluding hydrogens is 893 g/mol. The topological polar surface area (TPSA) is 411 Å². The van der Waals surface area contributed by atoms with Crippen LogP contribution < -0.4 is 74.5 Å². The number of nitrogen functional groups attached to an aromatic ring is 2. The predicted molar refractivity (Wildman–Crippen MR) is 242 cm³/mol. The molecule has 6 rings (SSSR count). The second kappa shape index (κ2) is 23.4. The van der Waals surface area contributed by atoms with Crippen molar-refractivity contribution in [2.24, 2.45) is 0 Å². The summed E-state index contributed by atoms with van der Waals surface area (Å²) in [4.78, 5) is 109. The molecule has 0 saturated carbocycles. The molecule has 2 unspecified atom stereocenters. The monoisotopic (exact) mass is 940 g/mol. The van der Waals surface area contributed by atoms with Gasteiger partial charge in [0.2, 0.25) is 11.9 Å². The normalized spacial score (nSPS) is 15.4. The van der Waals surface area contributed by atoms with Crippen LogP contribution in [0.15, 0.2) is 58.1 Å². The van der Waals surface area contributed by atoms with Gasteiger partial charge in [0.1, 0.15) is 23.5 Å². The number of hydrogen-bond donors (Lipinski definition) is 12. The Kier molecular flexibility index (Phi) is 18.1. The van der Waals surface area contributed by atoms with E-state index in [0.717, 1.165) is 0 Å². The van der Waals surface area contributed by atoms with E-state index < -0.39 is 60.6 Å². The molecule has 0 aliphatic carbocycles. The molecule has 2 aliphatic rings. The van der Waals surface area contributed by atoms with Gasteiger partial charge in [-0.1, -0.05) is 0 Å². The Balaban J connectivity index is 0.000000288. The van der Waals surface area contributed by atoms with Crippen molar-refractivity contribution in [2.75, 3.05) is 82.8 Å². The van der Waals surface area contributed by atoms with Crippen LogP contribution >= 0.6 is 0 Å². The van der Waals surface area contributed by atoms with E-state index in [0.29, 0.717) is 60.6 Å². The molecule has 0 bridgehead atoms. The van der Waals surface area contributed by atoms with Gasteiger partial charge < -0.3 is 83.2 Å². The number of anilines is 8. The number of nitrogens with one attached hydrogen (secondary N) is 8. The van der Waals surface area contributed by atoms with Gasteiger partial charge in [-0.05, 0) is 74.2 Å². The number of fused-ring (bicyclic) bond motifs is 2. The van der Waals surface area contributed by atoms with E-state index in [1.54, 1.807) is 38.4 Å². The van der Waals surface area contributed by atoms with E-state index in [2.05, 4.69) is 51.8 Å². The van der Waals surface area contributed by atoms with Gasteiger partial charge in [0.15, 0.2) is 11.6 Å². The molecule has 26 nitrogen and oxygen atoms in total. The Bertz CT molecular complexity index is 2380. The first-order valence-corrected chi connectivity index (χ1v) is 20.2. The van der Waals surface area contributed by atoms with Crippen molar-refractivity contribution in [2.45, 2.75) is 49.9 Å². The number of aromatic nitrogens is 4. The molecule has 2 aromatic carbocycles. The van der Waals surface area contributed by atoms with Crippen LogP contribution in [-0.2, 0) is 19.2 Å². The number of nitrogens with two attached hydrogens (primary N) is 2. The van der Waals surface area contributed by atoms with Gasteiger partial charge in [0, 0.05) is 74.7 Å². The summed E-state index contributed by atoms with van der Waals surface area (Å²) in [5.74, 6) is -5.79. The molecule has 0 fully saturated rings. The summed E-state index contributed by atoms with van der Waals surface area (Å²) in [7, 11) is 3.57. The number of aromatic amines is 2. The molecule has 27 heteroatoms. The second-order valence-electron chi connectivity index (χ2n) is 15.1. The maximum absolute atomic E-state index is 12.3. The van der Waals surface area contributed by atoms with Gasteiger partial charge >= 0.3 is 35.0 Å². The van der Waals surface area contributed by atoms with Crippen LogP contribution in [0.1, 0.15) is 46.4 Å². The summed E-state index contributed by atoms with van der Waals surface area (Å²) in [6, 6.07) is 9.88. The molecular formula is C40H48MgN14O12. The van der Waals surface area contributed by atoms with Crippen molar-refractivity contribution < 1.29 is 49.2 Å². The number of carbonyl (C=O) groups is 6. The molecule has 0 spiro atoms. The molecule has 352 valence electrons. The van der Waals surface area contributed by atoms with Gasteiger partial charge in [-0.3, -0.25) is 29.1 Å². The third-order valence-corrected chi connectivity index (χ3v) is 10.5. The molecule has 4 heterocycles. The van der Waals surface area contributed by atoms with Crippen LogP contribution in [0.4, 0.5) is 46.3 Å². The number of carboxylic acids is 4. The molecule has 4 atom stereocenters. The number of amides is 2. The number of benzene rings is 2. The summed E-state index contributed by atoms with van der Waals surface area (Å²) in [6.07, 6.45) is -1.52. The van der Waals surface area contributed by atoms with Crippen molar-refractivity contribution in [3.8, 4) is 0 Å². The summed E-state index contributed by atoms with van der Waals surface area (Å²) >= 11 is 0. The minimum Gasteiger partial charge on any atom is -0.550 e. The van der Waals surface area contributed by atoms with E-state index >= 15 is 0 Å². The van der Waals surface area contributed by atoms with Gasteiger partial charge in [-0.25, -0.2) is 9.59 Å². The molecule has 14 N–H and O–H groups in total. The average Bonchev–Trinajstić information content (AvgIpc) is 3.25. The zero-order chi connectivity index (χ0) is 48.2. The fourth-order valence-corrected chi connectivity index (χ4v) is 6.83. The standard InChI is InChI=1S/2C20H25N7O6.Mg/c2*1-27-12(9-23-16-15(27)18(31)26-20(21)25-16)8-22-11-4-2-10(3-5-11)17(30)24-13(19(32)33)6-7-14(28)29;/h2*2-5,12-13,22H,6-9H2,1H3,(H,24,30)(H,28,29)(H,32,33)(H4,21,23,25,26,31);/q;;+2/p-2/t2*12?,13-;/m00./s1.